The van der Waals surface area contributed by atoms with E-state index in [1.54, 1.807) is 18.6 Å². The number of amides is 1. The van der Waals surface area contributed by atoms with Crippen molar-refractivity contribution in [2.75, 3.05) is 63.2 Å². The Morgan fingerprint density at radius 3 is 2.41 bits per heavy atom. The number of piperazine rings is 1. The van der Waals surface area contributed by atoms with E-state index >= 15 is 0 Å². The fourth-order valence-corrected chi connectivity index (χ4v) is 3.00. The molecule has 144 valence electrons. The van der Waals surface area contributed by atoms with E-state index in [0.29, 0.717) is 12.1 Å². The van der Waals surface area contributed by atoms with Crippen LogP contribution in [0.4, 0.5) is 11.8 Å². The Labute approximate surface area is 160 Å². The fraction of sp³-hybridized carbons (Fsp3) is 0.474. The molecule has 0 spiro atoms. The number of rotatable bonds is 7. The third kappa shape index (κ3) is 5.37. The summed E-state index contributed by atoms with van der Waals surface area (Å²) in [4.78, 5) is 31.8. The predicted molar refractivity (Wildman–Crippen MR) is 106 cm³/mol. The maximum atomic E-state index is 12.2. The summed E-state index contributed by atoms with van der Waals surface area (Å²) in [6.45, 7) is 5.02. The van der Waals surface area contributed by atoms with Gasteiger partial charge in [0.1, 0.15) is 5.82 Å². The summed E-state index contributed by atoms with van der Waals surface area (Å²) in [5, 5.41) is 2.94. The van der Waals surface area contributed by atoms with E-state index in [0.717, 1.165) is 50.9 Å². The van der Waals surface area contributed by atoms with Crippen molar-refractivity contribution in [3.63, 3.8) is 0 Å². The molecule has 1 aliphatic heterocycles. The van der Waals surface area contributed by atoms with Crippen LogP contribution in [0.15, 0.2) is 36.8 Å². The molecular weight excluding hydrogens is 342 g/mol. The van der Waals surface area contributed by atoms with Crippen LogP contribution in [0.2, 0.25) is 0 Å². The first-order chi connectivity index (χ1) is 13.1. The molecule has 0 saturated carbocycles. The lowest BCUT2D eigenvalue weighted by atomic mass is 10.2. The first-order valence-corrected chi connectivity index (χ1v) is 9.29. The van der Waals surface area contributed by atoms with Crippen LogP contribution >= 0.6 is 0 Å². The van der Waals surface area contributed by atoms with Crippen LogP contribution in [0.25, 0.3) is 0 Å². The highest BCUT2D eigenvalue weighted by Crippen LogP contribution is 2.16. The maximum absolute atomic E-state index is 12.2. The zero-order valence-corrected chi connectivity index (χ0v) is 16.0. The number of pyridine rings is 1. The number of hydrogen-bond acceptors (Lipinski definition) is 7. The molecular formula is C19H27N7O. The van der Waals surface area contributed by atoms with Crippen LogP contribution in [0.3, 0.4) is 0 Å². The Morgan fingerprint density at radius 2 is 1.78 bits per heavy atom. The van der Waals surface area contributed by atoms with Gasteiger partial charge in [-0.15, -0.1) is 0 Å². The molecule has 2 aromatic rings. The molecule has 1 fully saturated rings. The van der Waals surface area contributed by atoms with E-state index in [-0.39, 0.29) is 5.91 Å². The summed E-state index contributed by atoms with van der Waals surface area (Å²) >= 11 is 0. The van der Waals surface area contributed by atoms with Gasteiger partial charge >= 0.3 is 0 Å². The molecule has 1 amide bonds. The number of aromatic nitrogens is 3. The number of carbonyl (C=O) groups is 1. The SMILES string of the molecule is CN(C)CCCNC(=O)c1ccc(N2CCN(c3ncccn3)CC2)nc1. The lowest BCUT2D eigenvalue weighted by molar-refractivity contribution is 0.0952. The molecule has 0 aromatic carbocycles. The van der Waals surface area contributed by atoms with Gasteiger partial charge in [-0.1, -0.05) is 0 Å². The molecule has 0 atom stereocenters. The first kappa shape index (κ1) is 19.0. The summed E-state index contributed by atoms with van der Waals surface area (Å²) in [5.41, 5.74) is 0.597. The van der Waals surface area contributed by atoms with Crippen molar-refractivity contribution in [1.82, 2.24) is 25.2 Å². The molecule has 0 bridgehead atoms. The highest BCUT2D eigenvalue weighted by atomic mass is 16.1. The Kier molecular flexibility index (Phi) is 6.54. The van der Waals surface area contributed by atoms with Gasteiger partial charge in [0.05, 0.1) is 5.56 Å². The first-order valence-electron chi connectivity index (χ1n) is 9.29. The van der Waals surface area contributed by atoms with E-state index < -0.39 is 0 Å². The summed E-state index contributed by atoms with van der Waals surface area (Å²) in [7, 11) is 4.05. The van der Waals surface area contributed by atoms with Gasteiger partial charge in [0.25, 0.3) is 5.91 Å². The van der Waals surface area contributed by atoms with Gasteiger partial charge in [0.2, 0.25) is 5.95 Å². The van der Waals surface area contributed by atoms with Crippen molar-refractivity contribution in [1.29, 1.82) is 0 Å². The molecule has 3 heterocycles. The fourth-order valence-electron chi connectivity index (χ4n) is 3.00. The van der Waals surface area contributed by atoms with Crippen LogP contribution in [-0.2, 0) is 0 Å². The Hall–Kier alpha value is -2.74. The summed E-state index contributed by atoms with van der Waals surface area (Å²) in [6, 6.07) is 5.59. The monoisotopic (exact) mass is 369 g/mol. The van der Waals surface area contributed by atoms with Crippen LogP contribution in [-0.4, -0.2) is 79.1 Å². The third-order valence-electron chi connectivity index (χ3n) is 4.52. The quantitative estimate of drug-likeness (QED) is 0.726. The molecule has 8 heteroatoms. The van der Waals surface area contributed by atoms with E-state index in [1.165, 1.54) is 0 Å². The standard InChI is InChI=1S/C19H27N7O/c1-24(2)10-4-9-20-18(27)16-5-6-17(23-15-16)25-11-13-26(14-12-25)19-21-7-3-8-22-19/h3,5-8,15H,4,9-14H2,1-2H3,(H,20,27). The molecule has 2 aromatic heterocycles. The van der Waals surface area contributed by atoms with Crippen LogP contribution < -0.4 is 15.1 Å². The average Bonchev–Trinajstić information content (AvgIpc) is 2.72. The number of anilines is 2. The minimum absolute atomic E-state index is 0.0705. The van der Waals surface area contributed by atoms with Gasteiger partial charge in [0, 0.05) is 51.3 Å². The van der Waals surface area contributed by atoms with Gasteiger partial charge in [-0.2, -0.15) is 0 Å². The summed E-state index contributed by atoms with van der Waals surface area (Å²) < 4.78 is 0. The minimum Gasteiger partial charge on any atom is -0.353 e. The predicted octanol–water partition coefficient (Wildman–Crippen LogP) is 0.880. The zero-order valence-electron chi connectivity index (χ0n) is 16.0. The second-order valence-corrected chi connectivity index (χ2v) is 6.84. The highest BCUT2D eigenvalue weighted by Gasteiger charge is 2.20. The minimum atomic E-state index is -0.0705. The maximum Gasteiger partial charge on any atom is 0.252 e. The van der Waals surface area contributed by atoms with Crippen molar-refractivity contribution in [2.45, 2.75) is 6.42 Å². The molecule has 1 saturated heterocycles. The van der Waals surface area contributed by atoms with Gasteiger partial charge < -0.3 is 20.0 Å². The van der Waals surface area contributed by atoms with E-state index in [1.807, 2.05) is 32.3 Å². The van der Waals surface area contributed by atoms with Crippen molar-refractivity contribution >= 4 is 17.7 Å². The van der Waals surface area contributed by atoms with E-state index in [2.05, 4.69) is 35.0 Å². The molecule has 1 aliphatic rings. The van der Waals surface area contributed by atoms with E-state index in [9.17, 15) is 4.79 Å². The molecule has 0 radical (unpaired) electrons. The Bertz CT molecular complexity index is 713. The lowest BCUT2D eigenvalue weighted by Gasteiger charge is -2.35. The Balaban J connectivity index is 1.48. The van der Waals surface area contributed by atoms with Gasteiger partial charge in [-0.3, -0.25) is 4.79 Å². The highest BCUT2D eigenvalue weighted by molar-refractivity contribution is 5.94. The average molecular weight is 369 g/mol. The zero-order chi connectivity index (χ0) is 19.1. The molecule has 1 N–H and O–H groups in total. The van der Waals surface area contributed by atoms with Crippen LogP contribution in [0.5, 0.6) is 0 Å². The van der Waals surface area contributed by atoms with Crippen LogP contribution in [0, 0.1) is 0 Å². The molecule has 27 heavy (non-hydrogen) atoms. The second-order valence-electron chi connectivity index (χ2n) is 6.84. The Morgan fingerprint density at radius 1 is 1.07 bits per heavy atom. The van der Waals surface area contributed by atoms with Gasteiger partial charge in [-0.05, 0) is 45.3 Å². The topological polar surface area (TPSA) is 77.5 Å². The van der Waals surface area contributed by atoms with Gasteiger partial charge in [-0.25, -0.2) is 15.0 Å². The molecule has 8 nitrogen and oxygen atoms in total. The number of hydrogen-bond donors (Lipinski definition) is 1. The normalized spacial score (nSPS) is 14.5. The van der Waals surface area contributed by atoms with Crippen LogP contribution in [0.1, 0.15) is 16.8 Å². The largest absolute Gasteiger partial charge is 0.353 e. The summed E-state index contributed by atoms with van der Waals surface area (Å²) in [6.07, 6.45) is 6.12. The summed E-state index contributed by atoms with van der Waals surface area (Å²) in [5.74, 6) is 1.60. The van der Waals surface area contributed by atoms with Crippen molar-refractivity contribution in [2.24, 2.45) is 0 Å². The molecule has 0 aliphatic carbocycles. The lowest BCUT2D eigenvalue weighted by Crippen LogP contribution is -2.47. The number of carbonyl (C=O) groups excluding carboxylic acids is 1. The number of nitrogens with one attached hydrogen (secondary N) is 1. The smallest absolute Gasteiger partial charge is 0.252 e. The molecule has 3 rings (SSSR count). The van der Waals surface area contributed by atoms with E-state index in [4.69, 9.17) is 0 Å². The van der Waals surface area contributed by atoms with Crippen molar-refractivity contribution in [3.05, 3.63) is 42.4 Å². The number of nitrogens with zero attached hydrogens (tertiary/aromatic N) is 6. The second kappa shape index (κ2) is 9.27. The molecule has 0 unspecified atom stereocenters. The van der Waals surface area contributed by atoms with Crippen molar-refractivity contribution < 1.29 is 4.79 Å². The van der Waals surface area contributed by atoms with Crippen molar-refractivity contribution in [3.8, 4) is 0 Å². The third-order valence-corrected chi connectivity index (χ3v) is 4.52. The van der Waals surface area contributed by atoms with Gasteiger partial charge in [0.15, 0.2) is 0 Å².